The Morgan fingerprint density at radius 3 is 2.88 bits per heavy atom. The number of nitrogens with zero attached hydrogens (tertiary/aromatic N) is 3. The van der Waals surface area contributed by atoms with Crippen LogP contribution in [0.5, 0.6) is 0 Å². The number of halogens is 1. The standard InChI is InChI=1S/C21H23FN4O4S2/c1-3-19-24-20(25-30-19)17-11-18(13(2)31-17)32(28,29)26-10-6-7-14(12-26)21(27)23-16-9-5-4-8-15(16)22/h4-5,8-9,11,14H,3,6-7,10,12H2,1-2H3,(H,23,27)/t14-/m0/s1. The predicted octanol–water partition coefficient (Wildman–Crippen LogP) is 3.85. The van der Waals surface area contributed by atoms with Gasteiger partial charge in [-0.25, -0.2) is 12.8 Å². The molecule has 8 nitrogen and oxygen atoms in total. The van der Waals surface area contributed by atoms with Gasteiger partial charge in [-0.15, -0.1) is 11.3 Å². The second kappa shape index (κ2) is 9.08. The van der Waals surface area contributed by atoms with E-state index in [4.69, 9.17) is 4.52 Å². The molecular formula is C21H23FN4O4S2. The Bertz CT molecular complexity index is 1240. The van der Waals surface area contributed by atoms with Gasteiger partial charge in [-0.1, -0.05) is 24.2 Å². The first-order valence-corrected chi connectivity index (χ1v) is 12.5. The minimum atomic E-state index is -3.82. The lowest BCUT2D eigenvalue weighted by Crippen LogP contribution is -2.43. The van der Waals surface area contributed by atoms with Gasteiger partial charge < -0.3 is 9.84 Å². The molecule has 1 aromatic carbocycles. The van der Waals surface area contributed by atoms with Crippen molar-refractivity contribution in [1.82, 2.24) is 14.4 Å². The lowest BCUT2D eigenvalue weighted by atomic mass is 9.98. The first kappa shape index (κ1) is 22.6. The summed E-state index contributed by atoms with van der Waals surface area (Å²) in [6.07, 6.45) is 1.66. The molecule has 1 saturated heterocycles. The molecule has 1 atom stereocenters. The third-order valence-electron chi connectivity index (χ3n) is 5.37. The Morgan fingerprint density at radius 2 is 2.16 bits per heavy atom. The first-order chi connectivity index (χ1) is 15.3. The fourth-order valence-corrected chi connectivity index (χ4v) is 6.65. The summed E-state index contributed by atoms with van der Waals surface area (Å²) < 4.78 is 47.1. The zero-order chi connectivity index (χ0) is 22.9. The molecular weight excluding hydrogens is 455 g/mol. The highest BCUT2D eigenvalue weighted by Gasteiger charge is 2.35. The minimum Gasteiger partial charge on any atom is -0.339 e. The molecule has 32 heavy (non-hydrogen) atoms. The van der Waals surface area contributed by atoms with E-state index in [-0.39, 0.29) is 17.1 Å². The number of anilines is 1. The average Bonchev–Trinajstić information content (AvgIpc) is 3.42. The summed E-state index contributed by atoms with van der Waals surface area (Å²) in [4.78, 5) is 18.4. The van der Waals surface area contributed by atoms with Crippen LogP contribution in [0, 0.1) is 18.7 Å². The molecule has 0 unspecified atom stereocenters. The van der Waals surface area contributed by atoms with Crippen molar-refractivity contribution in [1.29, 1.82) is 0 Å². The summed E-state index contributed by atoms with van der Waals surface area (Å²) in [6, 6.07) is 7.46. The number of piperidine rings is 1. The highest BCUT2D eigenvalue weighted by molar-refractivity contribution is 7.89. The minimum absolute atomic E-state index is 0.0371. The Labute approximate surface area is 189 Å². The molecule has 0 spiro atoms. The van der Waals surface area contributed by atoms with Gasteiger partial charge >= 0.3 is 0 Å². The third kappa shape index (κ3) is 4.45. The van der Waals surface area contributed by atoms with Crippen molar-refractivity contribution < 1.29 is 22.1 Å². The molecule has 0 bridgehead atoms. The normalized spacial score (nSPS) is 17.4. The second-order valence-corrected chi connectivity index (χ2v) is 10.7. The number of aryl methyl sites for hydroxylation is 2. The molecule has 1 aliphatic rings. The zero-order valence-corrected chi connectivity index (χ0v) is 19.3. The van der Waals surface area contributed by atoms with E-state index in [2.05, 4.69) is 15.5 Å². The monoisotopic (exact) mass is 478 g/mol. The maximum atomic E-state index is 13.9. The number of benzene rings is 1. The van der Waals surface area contributed by atoms with Crippen LogP contribution in [-0.4, -0.2) is 41.9 Å². The predicted molar refractivity (Wildman–Crippen MR) is 118 cm³/mol. The molecule has 3 aromatic rings. The van der Waals surface area contributed by atoms with Gasteiger partial charge in [0.25, 0.3) is 0 Å². The average molecular weight is 479 g/mol. The summed E-state index contributed by atoms with van der Waals surface area (Å²) in [7, 11) is -3.82. The molecule has 170 valence electrons. The van der Waals surface area contributed by atoms with E-state index in [1.165, 1.54) is 33.8 Å². The zero-order valence-electron chi connectivity index (χ0n) is 17.7. The van der Waals surface area contributed by atoms with Gasteiger partial charge in [-0.05, 0) is 38.0 Å². The Morgan fingerprint density at radius 1 is 1.38 bits per heavy atom. The van der Waals surface area contributed by atoms with E-state index in [0.717, 1.165) is 0 Å². The van der Waals surface area contributed by atoms with E-state index in [0.29, 0.717) is 47.3 Å². The van der Waals surface area contributed by atoms with Crippen molar-refractivity contribution in [3.63, 3.8) is 0 Å². The molecule has 0 radical (unpaired) electrons. The van der Waals surface area contributed by atoms with Gasteiger partial charge in [0, 0.05) is 24.4 Å². The van der Waals surface area contributed by atoms with Crippen LogP contribution in [0.1, 0.15) is 30.5 Å². The van der Waals surface area contributed by atoms with Crippen molar-refractivity contribution in [2.24, 2.45) is 5.92 Å². The fourth-order valence-electron chi connectivity index (χ4n) is 3.64. The Hall–Kier alpha value is -2.63. The van der Waals surface area contributed by atoms with Crippen molar-refractivity contribution in [2.75, 3.05) is 18.4 Å². The van der Waals surface area contributed by atoms with Gasteiger partial charge in [0.15, 0.2) is 0 Å². The number of carbonyl (C=O) groups excluding carboxylic acids is 1. The number of hydrogen-bond acceptors (Lipinski definition) is 7. The van der Waals surface area contributed by atoms with E-state index in [1.807, 2.05) is 6.92 Å². The van der Waals surface area contributed by atoms with E-state index in [9.17, 15) is 17.6 Å². The summed E-state index contributed by atoms with van der Waals surface area (Å²) in [5.74, 6) is -0.653. The summed E-state index contributed by atoms with van der Waals surface area (Å²) in [5, 5.41) is 6.50. The molecule has 11 heteroatoms. The van der Waals surface area contributed by atoms with E-state index in [1.54, 1.807) is 19.1 Å². The maximum Gasteiger partial charge on any atom is 0.244 e. The number of sulfonamides is 1. The van der Waals surface area contributed by atoms with Crippen molar-refractivity contribution >= 4 is 33.0 Å². The van der Waals surface area contributed by atoms with Crippen LogP contribution < -0.4 is 5.32 Å². The van der Waals surface area contributed by atoms with E-state index >= 15 is 0 Å². The Balaban J connectivity index is 1.52. The first-order valence-electron chi connectivity index (χ1n) is 10.3. The van der Waals surface area contributed by atoms with Crippen LogP contribution in [0.15, 0.2) is 39.8 Å². The number of hydrogen-bond donors (Lipinski definition) is 1. The molecule has 1 aliphatic heterocycles. The number of carbonyl (C=O) groups is 1. The van der Waals surface area contributed by atoms with Crippen LogP contribution in [-0.2, 0) is 21.2 Å². The second-order valence-electron chi connectivity index (χ2n) is 7.57. The smallest absolute Gasteiger partial charge is 0.244 e. The van der Waals surface area contributed by atoms with Crippen molar-refractivity contribution in [3.8, 4) is 10.7 Å². The molecule has 0 aliphatic carbocycles. The summed E-state index contributed by atoms with van der Waals surface area (Å²) in [6.45, 7) is 3.98. The van der Waals surface area contributed by atoms with Crippen molar-refractivity contribution in [3.05, 3.63) is 46.9 Å². The van der Waals surface area contributed by atoms with Crippen LogP contribution in [0.25, 0.3) is 10.7 Å². The topological polar surface area (TPSA) is 105 Å². The molecule has 0 saturated carbocycles. The highest BCUT2D eigenvalue weighted by Crippen LogP contribution is 2.35. The largest absolute Gasteiger partial charge is 0.339 e. The molecule has 1 amide bonds. The molecule has 4 rings (SSSR count). The van der Waals surface area contributed by atoms with E-state index < -0.39 is 27.7 Å². The number of amides is 1. The maximum absolute atomic E-state index is 13.9. The quantitative estimate of drug-likeness (QED) is 0.577. The Kier molecular flexibility index (Phi) is 6.40. The van der Waals surface area contributed by atoms with Gasteiger partial charge in [-0.2, -0.15) is 9.29 Å². The lowest BCUT2D eigenvalue weighted by molar-refractivity contribution is -0.120. The SMILES string of the molecule is CCc1nc(-c2cc(S(=O)(=O)N3CCC[C@H](C(=O)Nc4ccccc4F)C3)c(C)s2)no1. The molecule has 1 fully saturated rings. The molecule has 2 aromatic heterocycles. The van der Waals surface area contributed by atoms with Gasteiger partial charge in [-0.3, -0.25) is 4.79 Å². The molecule has 3 heterocycles. The van der Waals surface area contributed by atoms with Gasteiger partial charge in [0.05, 0.1) is 21.4 Å². The number of nitrogens with one attached hydrogen (secondary N) is 1. The van der Waals surface area contributed by atoms with Crippen LogP contribution in [0.3, 0.4) is 0 Å². The molecule has 1 N–H and O–H groups in total. The fraction of sp³-hybridized carbons (Fsp3) is 0.381. The van der Waals surface area contributed by atoms with Crippen LogP contribution >= 0.6 is 11.3 Å². The highest BCUT2D eigenvalue weighted by atomic mass is 32.2. The number of rotatable bonds is 6. The number of para-hydroxylation sites is 1. The lowest BCUT2D eigenvalue weighted by Gasteiger charge is -2.31. The third-order valence-corrected chi connectivity index (χ3v) is 8.53. The number of thiophene rings is 1. The number of aromatic nitrogens is 2. The van der Waals surface area contributed by atoms with Crippen molar-refractivity contribution in [2.45, 2.75) is 38.0 Å². The van der Waals surface area contributed by atoms with Crippen LogP contribution in [0.2, 0.25) is 0 Å². The summed E-state index contributed by atoms with van der Waals surface area (Å²) >= 11 is 1.28. The summed E-state index contributed by atoms with van der Waals surface area (Å²) in [5.41, 5.74) is 0.0855. The van der Waals surface area contributed by atoms with Gasteiger partial charge in [0.1, 0.15) is 5.82 Å². The van der Waals surface area contributed by atoms with Crippen LogP contribution in [0.4, 0.5) is 10.1 Å². The van der Waals surface area contributed by atoms with Gasteiger partial charge in [0.2, 0.25) is 27.6 Å².